The van der Waals surface area contributed by atoms with E-state index in [1.807, 2.05) is 50.2 Å². The molecular formula is C21H20O3. The van der Waals surface area contributed by atoms with E-state index in [1.165, 1.54) is 0 Å². The van der Waals surface area contributed by atoms with E-state index in [2.05, 4.69) is 0 Å². The molecular weight excluding hydrogens is 300 g/mol. The molecule has 0 saturated heterocycles. The number of benzene rings is 3. The summed E-state index contributed by atoms with van der Waals surface area (Å²) in [7, 11) is 0. The van der Waals surface area contributed by atoms with Gasteiger partial charge in [-0.1, -0.05) is 36.4 Å². The van der Waals surface area contributed by atoms with E-state index in [4.69, 9.17) is 0 Å². The molecule has 0 fully saturated rings. The topological polar surface area (TPSA) is 60.7 Å². The Morgan fingerprint density at radius 3 is 1.54 bits per heavy atom. The monoisotopic (exact) mass is 320 g/mol. The van der Waals surface area contributed by atoms with Crippen molar-refractivity contribution in [2.24, 2.45) is 0 Å². The van der Waals surface area contributed by atoms with Gasteiger partial charge >= 0.3 is 0 Å². The Hall–Kier alpha value is -2.94. The second-order valence-electron chi connectivity index (χ2n) is 6.01. The van der Waals surface area contributed by atoms with Crippen LogP contribution in [0.25, 0.3) is 0 Å². The molecule has 0 unspecified atom stereocenters. The summed E-state index contributed by atoms with van der Waals surface area (Å²) in [5.41, 5.74) is 4.52. The third-order valence-electron chi connectivity index (χ3n) is 4.54. The number of phenols is 3. The van der Waals surface area contributed by atoms with E-state index in [9.17, 15) is 15.3 Å². The lowest BCUT2D eigenvalue weighted by atomic mass is 9.81. The molecule has 0 aliphatic rings. The van der Waals surface area contributed by atoms with Crippen LogP contribution in [0.2, 0.25) is 0 Å². The van der Waals surface area contributed by atoms with E-state index in [0.29, 0.717) is 0 Å². The molecule has 0 atom stereocenters. The van der Waals surface area contributed by atoms with Crippen LogP contribution in [-0.4, -0.2) is 15.3 Å². The van der Waals surface area contributed by atoms with Gasteiger partial charge in [0, 0.05) is 5.92 Å². The largest absolute Gasteiger partial charge is 0.508 e. The van der Waals surface area contributed by atoms with Crippen molar-refractivity contribution in [2.45, 2.75) is 19.8 Å². The summed E-state index contributed by atoms with van der Waals surface area (Å²) < 4.78 is 0. The predicted molar refractivity (Wildman–Crippen MR) is 94.7 cm³/mol. The highest BCUT2D eigenvalue weighted by molar-refractivity contribution is 5.54. The molecule has 0 bridgehead atoms. The first-order valence-electron chi connectivity index (χ1n) is 7.85. The summed E-state index contributed by atoms with van der Waals surface area (Å²) in [5.74, 6) is 0.547. The van der Waals surface area contributed by atoms with Crippen molar-refractivity contribution in [3.63, 3.8) is 0 Å². The van der Waals surface area contributed by atoms with Crippen molar-refractivity contribution < 1.29 is 15.3 Å². The number of phenolic OH excluding ortho intramolecular Hbond substituents is 3. The van der Waals surface area contributed by atoms with Gasteiger partial charge in [0.15, 0.2) is 0 Å². The molecule has 0 aliphatic carbocycles. The number of rotatable bonds is 3. The number of hydrogen-bond acceptors (Lipinski definition) is 3. The Balaban J connectivity index is 2.27. The predicted octanol–water partition coefficient (Wildman–Crippen LogP) is 4.60. The molecule has 0 amide bonds. The second-order valence-corrected chi connectivity index (χ2v) is 6.01. The second kappa shape index (κ2) is 6.28. The van der Waals surface area contributed by atoms with E-state index in [-0.39, 0.29) is 23.2 Å². The maximum Gasteiger partial charge on any atom is 0.118 e. The Morgan fingerprint density at radius 1 is 0.625 bits per heavy atom. The lowest BCUT2D eigenvalue weighted by molar-refractivity contribution is 0.468. The van der Waals surface area contributed by atoms with E-state index < -0.39 is 0 Å². The fraction of sp³-hybridized carbons (Fsp3) is 0.143. The Labute approximate surface area is 141 Å². The lowest BCUT2D eigenvalue weighted by Crippen LogP contribution is -2.07. The van der Waals surface area contributed by atoms with Gasteiger partial charge in [-0.2, -0.15) is 0 Å². The van der Waals surface area contributed by atoms with Crippen LogP contribution in [0.15, 0.2) is 60.7 Å². The Kier molecular flexibility index (Phi) is 4.17. The molecule has 0 aromatic heterocycles. The molecule has 3 rings (SSSR count). The van der Waals surface area contributed by atoms with Crippen LogP contribution in [0.5, 0.6) is 17.2 Å². The maximum absolute atomic E-state index is 10.1. The minimum Gasteiger partial charge on any atom is -0.508 e. The van der Waals surface area contributed by atoms with Crippen LogP contribution in [0.1, 0.15) is 33.7 Å². The Morgan fingerprint density at radius 2 is 1.08 bits per heavy atom. The summed E-state index contributed by atoms with van der Waals surface area (Å²) >= 11 is 0. The highest BCUT2D eigenvalue weighted by Gasteiger charge is 2.22. The maximum atomic E-state index is 10.1. The summed E-state index contributed by atoms with van der Waals surface area (Å²) in [6, 6.07) is 18.0. The van der Waals surface area contributed by atoms with Gasteiger partial charge in [-0.15, -0.1) is 0 Å². The van der Waals surface area contributed by atoms with Gasteiger partial charge in [-0.3, -0.25) is 0 Å². The van der Waals surface area contributed by atoms with Crippen molar-refractivity contribution in [1.82, 2.24) is 0 Å². The van der Waals surface area contributed by atoms with Crippen LogP contribution < -0.4 is 0 Å². The normalized spacial score (nSPS) is 11.0. The molecule has 0 spiro atoms. The standard InChI is InChI=1S/C21H20O3/c1-13-17(5-3-7-19(13)23)21(15-9-11-16(22)12-10-15)18-6-4-8-20(24)14(18)2/h3-12,21-24H,1-2H3. The average Bonchev–Trinajstić information content (AvgIpc) is 2.57. The zero-order valence-electron chi connectivity index (χ0n) is 13.7. The number of aromatic hydroxyl groups is 3. The van der Waals surface area contributed by atoms with Crippen LogP contribution in [0, 0.1) is 13.8 Å². The van der Waals surface area contributed by atoms with Crippen molar-refractivity contribution in [2.75, 3.05) is 0 Å². The first kappa shape index (κ1) is 15.9. The summed E-state index contributed by atoms with van der Waals surface area (Å²) in [5, 5.41) is 29.8. The summed E-state index contributed by atoms with van der Waals surface area (Å²) in [4.78, 5) is 0. The molecule has 24 heavy (non-hydrogen) atoms. The fourth-order valence-corrected chi connectivity index (χ4v) is 3.10. The first-order chi connectivity index (χ1) is 11.5. The molecule has 3 aromatic rings. The van der Waals surface area contributed by atoms with Crippen molar-refractivity contribution >= 4 is 0 Å². The first-order valence-corrected chi connectivity index (χ1v) is 7.85. The molecule has 3 N–H and O–H groups in total. The van der Waals surface area contributed by atoms with Crippen molar-refractivity contribution in [3.05, 3.63) is 88.5 Å². The summed E-state index contributed by atoms with van der Waals surface area (Å²) in [6.07, 6.45) is 0. The Bertz CT molecular complexity index is 815. The highest BCUT2D eigenvalue weighted by atomic mass is 16.3. The number of hydrogen-bond donors (Lipinski definition) is 3. The lowest BCUT2D eigenvalue weighted by Gasteiger charge is -2.23. The minimum atomic E-state index is -0.148. The molecule has 0 aliphatic heterocycles. The highest BCUT2D eigenvalue weighted by Crippen LogP contribution is 2.39. The van der Waals surface area contributed by atoms with E-state index in [1.54, 1.807) is 24.3 Å². The van der Waals surface area contributed by atoms with Crippen LogP contribution in [0.3, 0.4) is 0 Å². The van der Waals surface area contributed by atoms with Gasteiger partial charge in [0.05, 0.1) is 0 Å². The van der Waals surface area contributed by atoms with Crippen LogP contribution in [-0.2, 0) is 0 Å². The minimum absolute atomic E-state index is 0.148. The molecule has 122 valence electrons. The van der Waals surface area contributed by atoms with Gasteiger partial charge < -0.3 is 15.3 Å². The molecule has 0 saturated carbocycles. The molecule has 3 aromatic carbocycles. The third kappa shape index (κ3) is 2.81. The SMILES string of the molecule is Cc1c(O)cccc1C(c1ccc(O)cc1)c1cccc(O)c1C. The zero-order valence-corrected chi connectivity index (χ0v) is 13.7. The van der Waals surface area contributed by atoms with Crippen LogP contribution >= 0.6 is 0 Å². The van der Waals surface area contributed by atoms with Gasteiger partial charge in [-0.05, 0) is 65.9 Å². The zero-order chi connectivity index (χ0) is 17.3. The van der Waals surface area contributed by atoms with E-state index >= 15 is 0 Å². The van der Waals surface area contributed by atoms with Gasteiger partial charge in [0.2, 0.25) is 0 Å². The molecule has 0 heterocycles. The smallest absolute Gasteiger partial charge is 0.118 e. The van der Waals surface area contributed by atoms with Gasteiger partial charge in [-0.25, -0.2) is 0 Å². The van der Waals surface area contributed by atoms with Gasteiger partial charge in [0.25, 0.3) is 0 Å². The third-order valence-corrected chi connectivity index (χ3v) is 4.54. The molecule has 3 nitrogen and oxygen atoms in total. The van der Waals surface area contributed by atoms with Crippen molar-refractivity contribution in [3.8, 4) is 17.2 Å². The summed E-state index contributed by atoms with van der Waals surface area (Å²) in [6.45, 7) is 3.77. The molecule has 0 radical (unpaired) electrons. The van der Waals surface area contributed by atoms with Gasteiger partial charge in [0.1, 0.15) is 17.2 Å². The van der Waals surface area contributed by atoms with Crippen molar-refractivity contribution in [1.29, 1.82) is 0 Å². The quantitative estimate of drug-likeness (QED) is 0.618. The molecule has 3 heteroatoms. The fourth-order valence-electron chi connectivity index (χ4n) is 3.10. The average molecular weight is 320 g/mol. The van der Waals surface area contributed by atoms with E-state index in [0.717, 1.165) is 27.8 Å². The van der Waals surface area contributed by atoms with Crippen LogP contribution in [0.4, 0.5) is 0 Å².